The molecule has 10 nitrogen and oxygen atoms in total. The maximum Gasteiger partial charge on any atom is 0.249 e. The van der Waals surface area contributed by atoms with Crippen LogP contribution in [0.5, 0.6) is 0 Å². The summed E-state index contributed by atoms with van der Waals surface area (Å²) in [5.74, 6) is 1.67. The van der Waals surface area contributed by atoms with Crippen LogP contribution in [0.15, 0.2) is 0 Å². The third-order valence-electron chi connectivity index (χ3n) is 3.22. The van der Waals surface area contributed by atoms with Gasteiger partial charge in [-0.2, -0.15) is 9.48 Å². The largest absolute Gasteiger partial charge is 0.291 e. The average molecular weight is 425 g/mol. The molecule has 172 valence electrons. The van der Waals surface area contributed by atoms with Crippen molar-refractivity contribution in [2.75, 3.05) is 0 Å². The Labute approximate surface area is 180 Å². The van der Waals surface area contributed by atoms with Gasteiger partial charge in [-0.25, -0.2) is 0 Å². The van der Waals surface area contributed by atoms with E-state index in [4.69, 9.17) is 0 Å². The molecule has 10 heteroatoms. The fourth-order valence-corrected chi connectivity index (χ4v) is 1.96. The number of rotatable bonds is 7. The number of tetrazole rings is 2. The van der Waals surface area contributed by atoms with E-state index in [9.17, 15) is 9.59 Å². The summed E-state index contributed by atoms with van der Waals surface area (Å²) in [5, 5.41) is 22.4. The fourth-order valence-electron chi connectivity index (χ4n) is 1.96. The van der Waals surface area contributed by atoms with Crippen LogP contribution in [0.25, 0.3) is 0 Å². The molecular formula is C20H40N8O2. The molecule has 2 rings (SSSR count). The van der Waals surface area contributed by atoms with E-state index in [1.165, 1.54) is 9.48 Å². The number of hydrogen-bond acceptors (Lipinski definition) is 8. The molecule has 0 fully saturated rings. The van der Waals surface area contributed by atoms with Gasteiger partial charge >= 0.3 is 0 Å². The first-order valence-corrected chi connectivity index (χ1v) is 10.9. The van der Waals surface area contributed by atoms with Crippen LogP contribution in [0.4, 0.5) is 0 Å². The van der Waals surface area contributed by atoms with E-state index in [0.29, 0.717) is 37.0 Å². The summed E-state index contributed by atoms with van der Waals surface area (Å²) >= 11 is 0. The molecule has 0 atom stereocenters. The van der Waals surface area contributed by atoms with Crippen molar-refractivity contribution >= 4 is 11.7 Å². The molecular weight excluding hydrogens is 384 g/mol. The zero-order valence-electron chi connectivity index (χ0n) is 20.4. The molecule has 0 unspecified atom stereocenters. The summed E-state index contributed by atoms with van der Waals surface area (Å²) < 4.78 is 1.29. The van der Waals surface area contributed by atoms with E-state index in [1.54, 1.807) is 13.8 Å². The Bertz CT molecular complexity index is 707. The number of aromatic nitrogens is 8. The smallest absolute Gasteiger partial charge is 0.249 e. The van der Waals surface area contributed by atoms with Crippen LogP contribution >= 0.6 is 0 Å². The van der Waals surface area contributed by atoms with E-state index >= 15 is 0 Å². The Morgan fingerprint density at radius 2 is 1.47 bits per heavy atom. The standard InChI is InChI=1S/2C8H14N4O.2C2H6/c1-4-8(13)12-7(5-6(2)3)9-10-11-12;1-4-7(13)8-9-11-12(10-8)5-6(2)3;2*1-2/h2*6H,4-5H2,1-3H3;2*1-2H3. The molecule has 30 heavy (non-hydrogen) atoms. The molecule has 0 aliphatic heterocycles. The van der Waals surface area contributed by atoms with E-state index in [0.717, 1.165) is 6.42 Å². The third kappa shape index (κ3) is 11.5. The van der Waals surface area contributed by atoms with Crippen LogP contribution in [0.1, 0.15) is 103 Å². The topological polar surface area (TPSA) is 121 Å². The van der Waals surface area contributed by atoms with Crippen LogP contribution in [-0.2, 0) is 13.0 Å². The highest BCUT2D eigenvalue weighted by Gasteiger charge is 2.12. The van der Waals surface area contributed by atoms with Crippen molar-refractivity contribution in [3.05, 3.63) is 11.6 Å². The summed E-state index contributed by atoms with van der Waals surface area (Å²) in [6.07, 6.45) is 1.59. The second-order valence-electron chi connectivity index (χ2n) is 6.69. The van der Waals surface area contributed by atoms with Gasteiger partial charge in [-0.3, -0.25) is 9.59 Å². The van der Waals surface area contributed by atoms with Crippen molar-refractivity contribution in [1.29, 1.82) is 0 Å². The van der Waals surface area contributed by atoms with Crippen molar-refractivity contribution in [2.24, 2.45) is 11.8 Å². The second kappa shape index (κ2) is 17.3. The SMILES string of the molecule is CC.CC.CCC(=O)c1nnn(CC(C)C)n1.CCC(=O)n1nnnc1CC(C)C. The van der Waals surface area contributed by atoms with Gasteiger partial charge in [-0.15, -0.1) is 15.3 Å². The van der Waals surface area contributed by atoms with Crippen molar-refractivity contribution in [3.8, 4) is 0 Å². The highest BCUT2D eigenvalue weighted by atomic mass is 16.2. The molecule has 0 saturated carbocycles. The van der Waals surface area contributed by atoms with Gasteiger partial charge in [-0.05, 0) is 27.5 Å². The first-order valence-electron chi connectivity index (χ1n) is 10.9. The average Bonchev–Trinajstić information content (AvgIpc) is 3.39. The Morgan fingerprint density at radius 3 is 1.93 bits per heavy atom. The molecule has 0 saturated heterocycles. The summed E-state index contributed by atoms with van der Waals surface area (Å²) in [4.78, 5) is 23.9. The Balaban J connectivity index is 0. The molecule has 2 aromatic heterocycles. The highest BCUT2D eigenvalue weighted by molar-refractivity contribution is 5.91. The highest BCUT2D eigenvalue weighted by Crippen LogP contribution is 2.03. The molecule has 0 aliphatic carbocycles. The van der Waals surface area contributed by atoms with Gasteiger partial charge in [0.15, 0.2) is 5.82 Å². The third-order valence-corrected chi connectivity index (χ3v) is 3.22. The predicted molar refractivity (Wildman–Crippen MR) is 117 cm³/mol. The fraction of sp³-hybridized carbons (Fsp3) is 0.800. The van der Waals surface area contributed by atoms with Gasteiger partial charge in [-0.1, -0.05) is 69.2 Å². The number of Topliss-reactive ketones (excluding diaryl/α,β-unsaturated/α-hetero) is 1. The lowest BCUT2D eigenvalue weighted by atomic mass is 10.1. The minimum Gasteiger partial charge on any atom is -0.291 e. The number of carbonyl (C=O) groups is 2. The number of hydrogen-bond donors (Lipinski definition) is 0. The van der Waals surface area contributed by atoms with Crippen molar-refractivity contribution in [2.45, 2.75) is 95.0 Å². The van der Waals surface area contributed by atoms with Crippen molar-refractivity contribution in [1.82, 2.24) is 40.4 Å². The first kappa shape index (κ1) is 29.7. The number of carbonyl (C=O) groups excluding carboxylic acids is 2. The molecule has 0 aliphatic rings. The molecule has 0 radical (unpaired) electrons. The molecule has 0 amide bonds. The van der Waals surface area contributed by atoms with Crippen molar-refractivity contribution in [3.63, 3.8) is 0 Å². The number of nitrogens with zero attached hydrogens (tertiary/aromatic N) is 8. The van der Waals surface area contributed by atoms with Crippen LogP contribution in [-0.4, -0.2) is 52.1 Å². The van der Waals surface area contributed by atoms with Gasteiger partial charge < -0.3 is 0 Å². The first-order chi connectivity index (χ1) is 14.3. The van der Waals surface area contributed by atoms with Gasteiger partial charge in [0.05, 0.1) is 6.54 Å². The lowest BCUT2D eigenvalue weighted by Gasteiger charge is -2.03. The molecule has 2 heterocycles. The van der Waals surface area contributed by atoms with Crippen LogP contribution in [0.3, 0.4) is 0 Å². The predicted octanol–water partition coefficient (Wildman–Crippen LogP) is 3.90. The van der Waals surface area contributed by atoms with Gasteiger partial charge in [0.1, 0.15) is 0 Å². The normalized spacial score (nSPS) is 9.73. The molecule has 0 bridgehead atoms. The minimum absolute atomic E-state index is 0.0550. The Hall–Kier alpha value is -2.52. The summed E-state index contributed by atoms with van der Waals surface area (Å²) in [7, 11) is 0. The zero-order chi connectivity index (χ0) is 23.7. The molecule has 0 aromatic carbocycles. The van der Waals surface area contributed by atoms with E-state index in [-0.39, 0.29) is 17.5 Å². The van der Waals surface area contributed by atoms with Gasteiger partial charge in [0.2, 0.25) is 17.5 Å². The summed E-state index contributed by atoms with van der Waals surface area (Å²) in [5.41, 5.74) is 0. The minimum atomic E-state index is -0.0602. The van der Waals surface area contributed by atoms with Gasteiger partial charge in [0, 0.05) is 19.3 Å². The van der Waals surface area contributed by atoms with E-state index in [1.807, 2.05) is 27.7 Å². The molecule has 2 aromatic rings. The van der Waals surface area contributed by atoms with Crippen molar-refractivity contribution < 1.29 is 9.59 Å². The Morgan fingerprint density at radius 1 is 0.867 bits per heavy atom. The Kier molecular flexibility index (Phi) is 17.2. The maximum absolute atomic E-state index is 11.3. The zero-order valence-corrected chi connectivity index (χ0v) is 20.4. The summed E-state index contributed by atoms with van der Waals surface area (Å²) in [6, 6.07) is 0. The number of ketones is 1. The van der Waals surface area contributed by atoms with Crippen LogP contribution < -0.4 is 0 Å². The lowest BCUT2D eigenvalue weighted by molar-refractivity contribution is 0.0885. The monoisotopic (exact) mass is 424 g/mol. The molecule has 0 N–H and O–H groups in total. The summed E-state index contributed by atoms with van der Waals surface area (Å²) in [6.45, 7) is 20.5. The van der Waals surface area contributed by atoms with E-state index < -0.39 is 0 Å². The van der Waals surface area contributed by atoms with Crippen LogP contribution in [0, 0.1) is 11.8 Å². The second-order valence-corrected chi connectivity index (χ2v) is 6.69. The van der Waals surface area contributed by atoms with Crippen LogP contribution in [0.2, 0.25) is 0 Å². The molecule has 0 spiro atoms. The maximum atomic E-state index is 11.3. The van der Waals surface area contributed by atoms with E-state index in [2.05, 4.69) is 58.6 Å². The van der Waals surface area contributed by atoms with Gasteiger partial charge in [0.25, 0.3) is 0 Å². The lowest BCUT2D eigenvalue weighted by Crippen LogP contribution is -2.16. The quantitative estimate of drug-likeness (QED) is 0.484.